The predicted molar refractivity (Wildman–Crippen MR) is 83.6 cm³/mol. The number of hydrogen-bond acceptors (Lipinski definition) is 4. The number of hydrogen-bond donors (Lipinski definition) is 2. The fraction of sp³-hybridized carbons (Fsp3) is 0.267. The van der Waals surface area contributed by atoms with Crippen LogP contribution in [0, 0.1) is 11.6 Å². The number of nitrogens with zero attached hydrogens (tertiary/aromatic N) is 1. The molecule has 2 N–H and O–H groups in total. The molecule has 0 aliphatic heterocycles. The molecule has 122 valence electrons. The van der Waals surface area contributed by atoms with Gasteiger partial charge in [0, 0.05) is 23.1 Å². The molecule has 0 saturated carbocycles. The van der Waals surface area contributed by atoms with Crippen molar-refractivity contribution < 1.29 is 18.4 Å². The summed E-state index contributed by atoms with van der Waals surface area (Å²) in [5.41, 5.74) is 0.0133. The third-order valence-electron chi connectivity index (χ3n) is 3.07. The van der Waals surface area contributed by atoms with Gasteiger partial charge in [0.2, 0.25) is 0 Å². The second kappa shape index (κ2) is 7.28. The van der Waals surface area contributed by atoms with Gasteiger partial charge in [-0.3, -0.25) is 14.9 Å². The molecule has 1 aromatic heterocycles. The minimum absolute atomic E-state index is 0.0116. The summed E-state index contributed by atoms with van der Waals surface area (Å²) < 4.78 is 26.2. The van der Waals surface area contributed by atoms with Crippen molar-refractivity contribution in [3.05, 3.63) is 46.5 Å². The summed E-state index contributed by atoms with van der Waals surface area (Å²) in [7, 11) is 0. The Morgan fingerprint density at radius 1 is 1.22 bits per heavy atom. The molecular formula is C15H15F2N3O2S. The molecule has 5 nitrogen and oxygen atoms in total. The molecule has 0 bridgehead atoms. The van der Waals surface area contributed by atoms with E-state index in [9.17, 15) is 18.4 Å². The van der Waals surface area contributed by atoms with E-state index in [2.05, 4.69) is 15.6 Å². The van der Waals surface area contributed by atoms with Crippen LogP contribution in [0.25, 0.3) is 0 Å². The number of halogens is 2. The van der Waals surface area contributed by atoms with E-state index in [1.54, 1.807) is 0 Å². The van der Waals surface area contributed by atoms with Crippen molar-refractivity contribution in [2.75, 3.05) is 5.32 Å². The Bertz CT molecular complexity index is 713. The molecule has 0 unspecified atom stereocenters. The molecule has 2 aromatic rings. The number of anilines is 1. The Hall–Kier alpha value is -2.35. The molecule has 0 radical (unpaired) electrons. The largest absolute Gasteiger partial charge is 0.348 e. The van der Waals surface area contributed by atoms with Crippen molar-refractivity contribution in [3.8, 4) is 0 Å². The predicted octanol–water partition coefficient (Wildman–Crippen LogP) is 3.20. The van der Waals surface area contributed by atoms with Crippen LogP contribution < -0.4 is 10.6 Å². The lowest BCUT2D eigenvalue weighted by Crippen LogP contribution is -2.32. The monoisotopic (exact) mass is 339 g/mol. The number of benzene rings is 1. The Kier molecular flexibility index (Phi) is 5.38. The van der Waals surface area contributed by atoms with Crippen LogP contribution >= 0.6 is 11.3 Å². The normalized spacial score (nSPS) is 11.8. The van der Waals surface area contributed by atoms with Crippen molar-refractivity contribution in [3.63, 3.8) is 0 Å². The molecule has 1 aromatic carbocycles. The van der Waals surface area contributed by atoms with E-state index in [1.807, 2.05) is 13.8 Å². The number of carbonyl (C=O) groups excluding carboxylic acids is 2. The van der Waals surface area contributed by atoms with E-state index < -0.39 is 17.5 Å². The number of rotatable bonds is 5. The van der Waals surface area contributed by atoms with Crippen LogP contribution in [0.4, 0.5) is 13.9 Å². The highest BCUT2D eigenvalue weighted by Gasteiger charge is 2.15. The van der Waals surface area contributed by atoms with Gasteiger partial charge in [-0.25, -0.2) is 13.8 Å². The first-order chi connectivity index (χ1) is 10.9. The molecule has 2 amide bonds. The maximum absolute atomic E-state index is 13.1. The Morgan fingerprint density at radius 3 is 2.48 bits per heavy atom. The SMILES string of the molecule is CC[C@@H](C)NC(=O)c1csc(NC(=O)c2cc(F)cc(F)c2)n1. The van der Waals surface area contributed by atoms with Crippen molar-refractivity contribution in [1.29, 1.82) is 0 Å². The van der Waals surface area contributed by atoms with Gasteiger partial charge in [-0.05, 0) is 25.5 Å². The van der Waals surface area contributed by atoms with Gasteiger partial charge in [0.25, 0.3) is 11.8 Å². The Labute approximate surface area is 135 Å². The van der Waals surface area contributed by atoms with Crippen LogP contribution in [0.1, 0.15) is 41.1 Å². The zero-order valence-electron chi connectivity index (χ0n) is 12.5. The summed E-state index contributed by atoms with van der Waals surface area (Å²) in [4.78, 5) is 27.8. The first-order valence-electron chi connectivity index (χ1n) is 6.93. The zero-order valence-corrected chi connectivity index (χ0v) is 13.3. The van der Waals surface area contributed by atoms with Gasteiger partial charge in [-0.1, -0.05) is 6.92 Å². The van der Waals surface area contributed by atoms with E-state index in [1.165, 1.54) is 5.38 Å². The van der Waals surface area contributed by atoms with Crippen LogP contribution in [0.3, 0.4) is 0 Å². The zero-order chi connectivity index (χ0) is 17.0. The molecule has 0 spiro atoms. The Morgan fingerprint density at radius 2 is 1.87 bits per heavy atom. The van der Waals surface area contributed by atoms with E-state index in [0.29, 0.717) is 6.07 Å². The topological polar surface area (TPSA) is 71.1 Å². The number of thiazole rings is 1. The molecule has 0 saturated heterocycles. The van der Waals surface area contributed by atoms with Crippen molar-refractivity contribution >= 4 is 28.3 Å². The van der Waals surface area contributed by atoms with Crippen molar-refractivity contribution in [1.82, 2.24) is 10.3 Å². The highest BCUT2D eigenvalue weighted by Crippen LogP contribution is 2.17. The molecule has 8 heteroatoms. The van der Waals surface area contributed by atoms with Gasteiger partial charge in [0.1, 0.15) is 17.3 Å². The molecule has 2 rings (SSSR count). The summed E-state index contributed by atoms with van der Waals surface area (Å²) in [6.45, 7) is 3.81. The third-order valence-corrected chi connectivity index (χ3v) is 3.83. The smallest absolute Gasteiger partial charge is 0.271 e. The molecule has 23 heavy (non-hydrogen) atoms. The van der Waals surface area contributed by atoms with Crippen LogP contribution in [0.15, 0.2) is 23.6 Å². The van der Waals surface area contributed by atoms with Crippen LogP contribution in [-0.4, -0.2) is 22.8 Å². The van der Waals surface area contributed by atoms with Gasteiger partial charge >= 0.3 is 0 Å². The van der Waals surface area contributed by atoms with E-state index >= 15 is 0 Å². The molecule has 0 aliphatic rings. The van der Waals surface area contributed by atoms with Gasteiger partial charge in [-0.15, -0.1) is 11.3 Å². The fourth-order valence-electron chi connectivity index (χ4n) is 1.69. The van der Waals surface area contributed by atoms with E-state index in [-0.39, 0.29) is 28.3 Å². The number of nitrogens with one attached hydrogen (secondary N) is 2. The second-order valence-corrected chi connectivity index (χ2v) is 5.79. The fourth-order valence-corrected chi connectivity index (χ4v) is 2.38. The van der Waals surface area contributed by atoms with Gasteiger partial charge < -0.3 is 5.32 Å². The van der Waals surface area contributed by atoms with Crippen LogP contribution in [0.2, 0.25) is 0 Å². The maximum Gasteiger partial charge on any atom is 0.271 e. The highest BCUT2D eigenvalue weighted by molar-refractivity contribution is 7.14. The summed E-state index contributed by atoms with van der Waals surface area (Å²) in [5.74, 6) is -2.73. The molecule has 0 fully saturated rings. The number of amides is 2. The first kappa shape index (κ1) is 17.0. The van der Waals surface area contributed by atoms with Crippen molar-refractivity contribution in [2.45, 2.75) is 26.3 Å². The Balaban J connectivity index is 2.06. The standard InChI is InChI=1S/C15H15F2N3O2S/c1-3-8(2)18-14(22)12-7-23-15(19-12)20-13(21)9-4-10(16)6-11(17)5-9/h4-8H,3H2,1-2H3,(H,18,22)(H,19,20,21)/t8-/m1/s1. The quantitative estimate of drug-likeness (QED) is 0.879. The van der Waals surface area contributed by atoms with Crippen molar-refractivity contribution in [2.24, 2.45) is 0 Å². The van der Waals surface area contributed by atoms with Crippen LogP contribution in [0.5, 0.6) is 0 Å². The lowest BCUT2D eigenvalue weighted by atomic mass is 10.2. The lowest BCUT2D eigenvalue weighted by molar-refractivity contribution is 0.0933. The summed E-state index contributed by atoms with van der Waals surface area (Å²) in [5, 5.41) is 6.84. The molecule has 1 heterocycles. The summed E-state index contributed by atoms with van der Waals surface area (Å²) in [6.07, 6.45) is 0.782. The summed E-state index contributed by atoms with van der Waals surface area (Å²) >= 11 is 1.05. The average Bonchev–Trinajstić information content (AvgIpc) is 2.94. The molecular weight excluding hydrogens is 324 g/mol. The third kappa shape index (κ3) is 4.56. The highest BCUT2D eigenvalue weighted by atomic mass is 32.1. The van der Waals surface area contributed by atoms with E-state index in [0.717, 1.165) is 29.9 Å². The van der Waals surface area contributed by atoms with Crippen LogP contribution in [-0.2, 0) is 0 Å². The minimum atomic E-state index is -0.845. The maximum atomic E-state index is 13.1. The van der Waals surface area contributed by atoms with E-state index in [4.69, 9.17) is 0 Å². The number of aromatic nitrogens is 1. The lowest BCUT2D eigenvalue weighted by Gasteiger charge is -2.09. The second-order valence-electron chi connectivity index (χ2n) is 4.93. The molecule has 0 aliphatic carbocycles. The minimum Gasteiger partial charge on any atom is -0.348 e. The summed E-state index contributed by atoms with van der Waals surface area (Å²) in [6, 6.07) is 2.53. The average molecular weight is 339 g/mol. The van der Waals surface area contributed by atoms with Gasteiger partial charge in [-0.2, -0.15) is 0 Å². The van der Waals surface area contributed by atoms with Gasteiger partial charge in [0.05, 0.1) is 0 Å². The first-order valence-corrected chi connectivity index (χ1v) is 7.81. The number of carbonyl (C=O) groups is 2. The van der Waals surface area contributed by atoms with Gasteiger partial charge in [0.15, 0.2) is 5.13 Å². The molecule has 1 atom stereocenters.